The van der Waals surface area contributed by atoms with Gasteiger partial charge in [-0.15, -0.1) is 22.9 Å². The Morgan fingerprint density at radius 3 is 2.86 bits per heavy atom. The van der Waals surface area contributed by atoms with E-state index in [2.05, 4.69) is 27.9 Å². The normalized spacial score (nSPS) is 11.4. The second-order valence-corrected chi connectivity index (χ2v) is 6.62. The molecule has 3 aromatic rings. The van der Waals surface area contributed by atoms with Crippen LogP contribution in [0.5, 0.6) is 0 Å². The van der Waals surface area contributed by atoms with E-state index >= 15 is 0 Å². The van der Waals surface area contributed by atoms with Crippen LogP contribution < -0.4 is 0 Å². The number of nitrogens with zero attached hydrogens (tertiary/aromatic N) is 2. The van der Waals surface area contributed by atoms with Crippen molar-refractivity contribution in [3.63, 3.8) is 0 Å². The number of hydrogen-bond acceptors (Lipinski definition) is 2. The monoisotopic (exact) mass is 342 g/mol. The largest absolute Gasteiger partial charge is 0.323 e. The molecule has 6 heteroatoms. The van der Waals surface area contributed by atoms with E-state index in [4.69, 9.17) is 23.2 Å². The van der Waals surface area contributed by atoms with Gasteiger partial charge >= 0.3 is 0 Å². The highest BCUT2D eigenvalue weighted by molar-refractivity contribution is 7.10. The molecule has 0 unspecified atom stereocenters. The van der Waals surface area contributed by atoms with Gasteiger partial charge in [0.05, 0.1) is 22.6 Å². The smallest absolute Gasteiger partial charge is 0.144 e. The molecule has 0 saturated heterocycles. The Kier molecular flexibility index (Phi) is 4.20. The summed E-state index contributed by atoms with van der Waals surface area (Å²) in [5.74, 6) is 0.885. The first-order chi connectivity index (χ1) is 10.1. The van der Waals surface area contributed by atoms with Crippen molar-refractivity contribution in [3.8, 4) is 0 Å². The highest BCUT2D eigenvalue weighted by atomic mass is 35.5. The van der Waals surface area contributed by atoms with Gasteiger partial charge in [-0.1, -0.05) is 11.6 Å². The molecule has 2 heterocycles. The Hall–Kier alpha value is -1.10. The number of hydrogen-bond donors (Lipinski definition) is 0. The summed E-state index contributed by atoms with van der Waals surface area (Å²) in [6.45, 7) is 2.78. The second-order valence-electron chi connectivity index (χ2n) is 4.83. The third kappa shape index (κ3) is 2.80. The summed E-state index contributed by atoms with van der Waals surface area (Å²) in [4.78, 5) is 5.75. The summed E-state index contributed by atoms with van der Waals surface area (Å²) in [6.07, 6.45) is 0.639. The molecule has 0 amide bonds. The van der Waals surface area contributed by atoms with Crippen molar-refractivity contribution < 1.29 is 4.39 Å². The Bertz CT molecular complexity index is 794. The van der Waals surface area contributed by atoms with Crippen LogP contribution in [0.3, 0.4) is 0 Å². The van der Waals surface area contributed by atoms with Crippen LogP contribution in [0.4, 0.5) is 4.39 Å². The topological polar surface area (TPSA) is 17.8 Å². The predicted molar refractivity (Wildman–Crippen MR) is 87.3 cm³/mol. The number of aromatic nitrogens is 2. The van der Waals surface area contributed by atoms with Crippen LogP contribution >= 0.6 is 34.5 Å². The van der Waals surface area contributed by atoms with E-state index in [1.807, 2.05) is 0 Å². The lowest BCUT2D eigenvalue weighted by molar-refractivity contribution is 0.629. The van der Waals surface area contributed by atoms with E-state index in [9.17, 15) is 4.39 Å². The number of fused-ring (bicyclic) bond motifs is 1. The number of benzene rings is 1. The molecule has 0 atom stereocenters. The fourth-order valence-corrected chi connectivity index (χ4v) is 3.55. The van der Waals surface area contributed by atoms with Crippen molar-refractivity contribution in [1.29, 1.82) is 0 Å². The average Bonchev–Trinajstić information content (AvgIpc) is 2.98. The van der Waals surface area contributed by atoms with Gasteiger partial charge in [0.15, 0.2) is 0 Å². The summed E-state index contributed by atoms with van der Waals surface area (Å²) in [5.41, 5.74) is 2.70. The maximum atomic E-state index is 13.6. The average molecular weight is 343 g/mol. The minimum absolute atomic E-state index is 0.115. The molecule has 1 aromatic carbocycles. The van der Waals surface area contributed by atoms with Crippen molar-refractivity contribution in [2.75, 3.05) is 5.88 Å². The summed E-state index contributed by atoms with van der Waals surface area (Å²) >= 11 is 13.5. The Morgan fingerprint density at radius 2 is 2.19 bits per heavy atom. The van der Waals surface area contributed by atoms with Crippen molar-refractivity contribution in [1.82, 2.24) is 9.55 Å². The molecule has 0 aliphatic carbocycles. The van der Waals surface area contributed by atoms with E-state index < -0.39 is 5.82 Å². The minimum Gasteiger partial charge on any atom is -0.323 e. The lowest BCUT2D eigenvalue weighted by Gasteiger charge is -2.08. The van der Waals surface area contributed by atoms with Crippen LogP contribution in [0.25, 0.3) is 11.0 Å². The molecule has 3 rings (SSSR count). The number of rotatable bonds is 4. The quantitative estimate of drug-likeness (QED) is 0.608. The summed E-state index contributed by atoms with van der Waals surface area (Å²) < 4.78 is 15.7. The number of imidazole rings is 1. The van der Waals surface area contributed by atoms with Crippen LogP contribution in [0.15, 0.2) is 23.6 Å². The lowest BCUT2D eigenvalue weighted by Crippen LogP contribution is -2.05. The van der Waals surface area contributed by atoms with Crippen molar-refractivity contribution in [2.24, 2.45) is 0 Å². The van der Waals surface area contributed by atoms with E-state index in [1.54, 1.807) is 17.4 Å². The molecule has 0 N–H and O–H groups in total. The molecule has 110 valence electrons. The van der Waals surface area contributed by atoms with Gasteiger partial charge in [-0.2, -0.15) is 0 Å². The maximum absolute atomic E-state index is 13.6. The van der Waals surface area contributed by atoms with Crippen LogP contribution in [0.1, 0.15) is 16.3 Å². The van der Waals surface area contributed by atoms with Crippen LogP contribution in [0.2, 0.25) is 5.02 Å². The Labute approximate surface area is 136 Å². The van der Waals surface area contributed by atoms with E-state index in [-0.39, 0.29) is 5.02 Å². The third-order valence-corrected chi connectivity index (χ3v) is 4.94. The zero-order valence-electron chi connectivity index (χ0n) is 11.4. The van der Waals surface area contributed by atoms with Gasteiger partial charge in [-0.3, -0.25) is 0 Å². The molecule has 21 heavy (non-hydrogen) atoms. The second kappa shape index (κ2) is 5.95. The Balaban J connectivity index is 2.15. The Morgan fingerprint density at radius 1 is 1.38 bits per heavy atom. The van der Waals surface area contributed by atoms with Gasteiger partial charge in [0.25, 0.3) is 0 Å². The fraction of sp³-hybridized carbons (Fsp3) is 0.267. The first-order valence-electron chi connectivity index (χ1n) is 6.53. The molecule has 0 bridgehead atoms. The van der Waals surface area contributed by atoms with Gasteiger partial charge < -0.3 is 4.57 Å². The van der Waals surface area contributed by atoms with Gasteiger partial charge in [0.2, 0.25) is 0 Å². The van der Waals surface area contributed by atoms with E-state index in [0.717, 1.165) is 11.3 Å². The van der Waals surface area contributed by atoms with Crippen molar-refractivity contribution in [3.05, 3.63) is 50.7 Å². The number of thiophene rings is 1. The van der Waals surface area contributed by atoms with Gasteiger partial charge in [0.1, 0.15) is 11.6 Å². The van der Waals surface area contributed by atoms with Crippen molar-refractivity contribution >= 4 is 45.6 Å². The van der Waals surface area contributed by atoms with Gasteiger partial charge in [0, 0.05) is 23.2 Å². The van der Waals surface area contributed by atoms with Crippen LogP contribution in [-0.2, 0) is 13.0 Å². The molecule has 2 aromatic heterocycles. The molecular formula is C15H13Cl2FN2S. The first-order valence-corrected chi connectivity index (χ1v) is 8.32. The molecule has 0 fully saturated rings. The predicted octanol–water partition coefficient (Wildman–Crippen LogP) is 5.03. The highest BCUT2D eigenvalue weighted by Gasteiger charge is 2.14. The number of halogens is 3. The molecule has 0 spiro atoms. The van der Waals surface area contributed by atoms with Crippen molar-refractivity contribution in [2.45, 2.75) is 19.9 Å². The molecular weight excluding hydrogens is 330 g/mol. The fourth-order valence-electron chi connectivity index (χ4n) is 2.33. The lowest BCUT2D eigenvalue weighted by atomic mass is 10.2. The number of aryl methyl sites for hydroxylation is 2. The standard InChI is InChI=1S/C15H13Cl2FN2S/c1-9-3-5-21-14(9)8-20-13-6-10(17)11(18)7-12(13)19-15(20)2-4-16/h3,5-7H,2,4,8H2,1H3. The van der Waals surface area contributed by atoms with Gasteiger partial charge in [-0.05, 0) is 30.0 Å². The molecule has 0 aliphatic rings. The molecule has 0 radical (unpaired) electrons. The van der Waals surface area contributed by atoms with Gasteiger partial charge in [-0.25, -0.2) is 9.37 Å². The highest BCUT2D eigenvalue weighted by Crippen LogP contribution is 2.26. The summed E-state index contributed by atoms with van der Waals surface area (Å²) in [6, 6.07) is 5.11. The number of alkyl halides is 1. The third-order valence-electron chi connectivity index (χ3n) is 3.46. The van der Waals surface area contributed by atoms with Crippen LogP contribution in [0, 0.1) is 12.7 Å². The molecule has 2 nitrogen and oxygen atoms in total. The van der Waals surface area contributed by atoms with Crippen LogP contribution in [-0.4, -0.2) is 15.4 Å². The zero-order chi connectivity index (χ0) is 15.0. The van der Waals surface area contributed by atoms with E-state index in [0.29, 0.717) is 24.4 Å². The SMILES string of the molecule is Cc1ccsc1Cn1c(CCCl)nc2cc(F)c(Cl)cc21. The minimum atomic E-state index is -0.446. The molecule has 0 aliphatic heterocycles. The first kappa shape index (κ1) is 14.8. The summed E-state index contributed by atoms with van der Waals surface area (Å²) in [5, 5.41) is 2.18. The maximum Gasteiger partial charge on any atom is 0.144 e. The van der Waals surface area contributed by atoms with E-state index in [1.165, 1.54) is 16.5 Å². The zero-order valence-corrected chi connectivity index (χ0v) is 13.7. The molecule has 0 saturated carbocycles. The summed E-state index contributed by atoms with van der Waals surface area (Å²) in [7, 11) is 0.